The summed E-state index contributed by atoms with van der Waals surface area (Å²) in [5, 5.41) is 8.05. The normalized spacial score (nSPS) is 20.3. The highest BCUT2D eigenvalue weighted by molar-refractivity contribution is 6.00. The summed E-state index contributed by atoms with van der Waals surface area (Å²) in [7, 11) is 1.65. The van der Waals surface area contributed by atoms with Crippen molar-refractivity contribution >= 4 is 11.8 Å². The SMILES string of the molecule is CCCCOc1ccccc1-c1cc2n(n1)C[C@](C)(C(=O)NC1CCCCC1)N(CCCOC)C2=O. The van der Waals surface area contributed by atoms with Crippen LogP contribution < -0.4 is 10.1 Å². The smallest absolute Gasteiger partial charge is 0.273 e. The summed E-state index contributed by atoms with van der Waals surface area (Å²) < 4.78 is 13.0. The lowest BCUT2D eigenvalue weighted by atomic mass is 9.91. The summed E-state index contributed by atoms with van der Waals surface area (Å²) in [5.74, 6) is 0.469. The monoisotopic (exact) mass is 496 g/mol. The zero-order chi connectivity index (χ0) is 25.5. The average Bonchev–Trinajstić information content (AvgIpc) is 3.31. The number of ether oxygens (including phenoxy) is 2. The third kappa shape index (κ3) is 5.59. The summed E-state index contributed by atoms with van der Waals surface area (Å²) in [6.07, 6.45) is 8.14. The van der Waals surface area contributed by atoms with Crippen molar-refractivity contribution in [2.75, 3.05) is 26.9 Å². The number of nitrogens with one attached hydrogen (secondary N) is 1. The quantitative estimate of drug-likeness (QED) is 0.465. The Labute approximate surface area is 214 Å². The van der Waals surface area contributed by atoms with E-state index in [2.05, 4.69) is 12.2 Å². The predicted octanol–water partition coefficient (Wildman–Crippen LogP) is 4.43. The fourth-order valence-electron chi connectivity index (χ4n) is 5.21. The van der Waals surface area contributed by atoms with Gasteiger partial charge in [-0.25, -0.2) is 0 Å². The van der Waals surface area contributed by atoms with Crippen LogP contribution in [0.2, 0.25) is 0 Å². The molecule has 1 aromatic carbocycles. The molecule has 1 atom stereocenters. The van der Waals surface area contributed by atoms with E-state index in [-0.39, 0.29) is 17.9 Å². The molecule has 1 aromatic heterocycles. The maximum atomic E-state index is 13.8. The third-order valence-corrected chi connectivity index (χ3v) is 7.38. The van der Waals surface area contributed by atoms with Crippen molar-refractivity contribution in [3.05, 3.63) is 36.0 Å². The maximum absolute atomic E-state index is 13.8. The molecular weight excluding hydrogens is 456 g/mol. The van der Waals surface area contributed by atoms with Gasteiger partial charge in [-0.15, -0.1) is 0 Å². The van der Waals surface area contributed by atoms with Gasteiger partial charge in [-0.05, 0) is 50.8 Å². The van der Waals surface area contributed by atoms with Crippen LogP contribution >= 0.6 is 0 Å². The van der Waals surface area contributed by atoms with E-state index in [9.17, 15) is 9.59 Å². The molecule has 196 valence electrons. The molecule has 1 aliphatic carbocycles. The molecule has 1 fully saturated rings. The standard InChI is InChI=1S/C28H40N4O4/c1-4-5-18-36-25-15-10-9-14-22(25)23-19-24-26(33)31(16-11-17-35-3)28(2,20-32(24)30-23)27(34)29-21-12-7-6-8-13-21/h9-10,14-15,19,21H,4-8,11-13,16-18,20H2,1-3H3,(H,29,34)/t28-/m1/s1. The van der Waals surface area contributed by atoms with E-state index in [0.717, 1.165) is 49.8 Å². The van der Waals surface area contributed by atoms with E-state index in [0.29, 0.717) is 44.1 Å². The fraction of sp³-hybridized carbons (Fsp3) is 0.607. The van der Waals surface area contributed by atoms with Crippen LogP contribution in [0.3, 0.4) is 0 Å². The van der Waals surface area contributed by atoms with E-state index >= 15 is 0 Å². The predicted molar refractivity (Wildman–Crippen MR) is 139 cm³/mol. The lowest BCUT2D eigenvalue weighted by molar-refractivity contribution is -0.134. The van der Waals surface area contributed by atoms with Gasteiger partial charge in [0.1, 0.15) is 17.0 Å². The highest BCUT2D eigenvalue weighted by Gasteiger charge is 2.48. The molecule has 36 heavy (non-hydrogen) atoms. The van der Waals surface area contributed by atoms with Crippen molar-refractivity contribution in [1.29, 1.82) is 0 Å². The zero-order valence-corrected chi connectivity index (χ0v) is 21.9. The molecule has 0 unspecified atom stereocenters. The topological polar surface area (TPSA) is 85.7 Å². The van der Waals surface area contributed by atoms with Gasteiger partial charge in [-0.3, -0.25) is 14.3 Å². The number of unbranched alkanes of at least 4 members (excludes halogenated alkanes) is 1. The first-order chi connectivity index (χ1) is 17.5. The Bertz CT molecular complexity index is 1050. The molecule has 4 rings (SSSR count). The molecule has 1 aliphatic heterocycles. The Kier molecular flexibility index (Phi) is 8.67. The Balaban J connectivity index is 1.63. The number of fused-ring (bicyclic) bond motifs is 1. The molecule has 8 nitrogen and oxygen atoms in total. The number of rotatable bonds is 11. The molecule has 0 spiro atoms. The Morgan fingerprint density at radius 1 is 1.17 bits per heavy atom. The van der Waals surface area contributed by atoms with Crippen molar-refractivity contribution in [2.45, 2.75) is 83.3 Å². The van der Waals surface area contributed by atoms with Gasteiger partial charge in [0.05, 0.1) is 18.8 Å². The first kappa shape index (κ1) is 26.2. The van der Waals surface area contributed by atoms with E-state index in [1.807, 2.05) is 37.3 Å². The molecule has 0 radical (unpaired) electrons. The van der Waals surface area contributed by atoms with E-state index < -0.39 is 5.54 Å². The summed E-state index contributed by atoms with van der Waals surface area (Å²) in [4.78, 5) is 29.2. The first-order valence-electron chi connectivity index (χ1n) is 13.4. The molecule has 2 amide bonds. The van der Waals surface area contributed by atoms with Crippen molar-refractivity contribution < 1.29 is 19.1 Å². The van der Waals surface area contributed by atoms with Gasteiger partial charge >= 0.3 is 0 Å². The number of benzene rings is 1. The van der Waals surface area contributed by atoms with E-state index in [4.69, 9.17) is 14.6 Å². The number of hydrogen-bond donors (Lipinski definition) is 1. The summed E-state index contributed by atoms with van der Waals surface area (Å²) >= 11 is 0. The summed E-state index contributed by atoms with van der Waals surface area (Å²) in [5.41, 5.74) is 0.992. The van der Waals surface area contributed by atoms with E-state index in [1.165, 1.54) is 6.42 Å². The molecule has 2 aliphatic rings. The minimum atomic E-state index is -1.03. The van der Waals surface area contributed by atoms with Gasteiger partial charge in [0.2, 0.25) is 5.91 Å². The maximum Gasteiger partial charge on any atom is 0.273 e. The van der Waals surface area contributed by atoms with Gasteiger partial charge in [-0.2, -0.15) is 5.10 Å². The van der Waals surface area contributed by atoms with Crippen LogP contribution in [0.5, 0.6) is 5.75 Å². The number of methoxy groups -OCH3 is 1. The van der Waals surface area contributed by atoms with Gasteiger partial charge in [0.15, 0.2) is 0 Å². The number of nitrogens with zero attached hydrogens (tertiary/aromatic N) is 3. The van der Waals surface area contributed by atoms with Gasteiger partial charge in [0.25, 0.3) is 5.91 Å². The average molecular weight is 497 g/mol. The summed E-state index contributed by atoms with van der Waals surface area (Å²) in [6.45, 7) is 5.90. The largest absolute Gasteiger partial charge is 0.493 e. The highest BCUT2D eigenvalue weighted by atomic mass is 16.5. The van der Waals surface area contributed by atoms with E-state index in [1.54, 1.807) is 16.7 Å². The molecule has 2 heterocycles. The second-order valence-electron chi connectivity index (χ2n) is 10.2. The highest BCUT2D eigenvalue weighted by Crippen LogP contribution is 2.34. The van der Waals surface area contributed by atoms with Gasteiger partial charge < -0.3 is 19.7 Å². The van der Waals surface area contributed by atoms with Crippen LogP contribution in [0.1, 0.15) is 75.7 Å². The molecule has 1 saturated carbocycles. The first-order valence-corrected chi connectivity index (χ1v) is 13.4. The molecule has 1 N–H and O–H groups in total. The van der Waals surface area contributed by atoms with Crippen LogP contribution in [0.4, 0.5) is 0 Å². The molecule has 2 aromatic rings. The van der Waals surface area contributed by atoms with Gasteiger partial charge in [0, 0.05) is 31.9 Å². The fourth-order valence-corrected chi connectivity index (χ4v) is 5.21. The summed E-state index contributed by atoms with van der Waals surface area (Å²) in [6, 6.07) is 9.78. The minimum absolute atomic E-state index is 0.105. The van der Waals surface area contributed by atoms with Crippen LogP contribution in [0.15, 0.2) is 30.3 Å². The third-order valence-electron chi connectivity index (χ3n) is 7.38. The number of para-hydroxylation sites is 1. The van der Waals surface area contributed by atoms with Crippen molar-refractivity contribution in [1.82, 2.24) is 20.0 Å². The molecule has 0 bridgehead atoms. The number of amides is 2. The van der Waals surface area contributed by atoms with Crippen LogP contribution in [0.25, 0.3) is 11.3 Å². The molecule has 0 saturated heterocycles. The van der Waals surface area contributed by atoms with Crippen molar-refractivity contribution in [3.63, 3.8) is 0 Å². The van der Waals surface area contributed by atoms with Crippen LogP contribution in [-0.2, 0) is 16.1 Å². The Morgan fingerprint density at radius 3 is 2.69 bits per heavy atom. The molecule has 8 heteroatoms. The number of hydrogen-bond acceptors (Lipinski definition) is 5. The lowest BCUT2D eigenvalue weighted by Gasteiger charge is -2.44. The number of carbonyl (C=O) groups excluding carboxylic acids is 2. The van der Waals surface area contributed by atoms with Gasteiger partial charge in [-0.1, -0.05) is 44.7 Å². The Morgan fingerprint density at radius 2 is 1.94 bits per heavy atom. The molecular formula is C28H40N4O4. The lowest BCUT2D eigenvalue weighted by Crippen LogP contribution is -2.65. The van der Waals surface area contributed by atoms with Crippen LogP contribution in [-0.4, -0.2) is 64.9 Å². The zero-order valence-electron chi connectivity index (χ0n) is 21.9. The minimum Gasteiger partial charge on any atom is -0.493 e. The van der Waals surface area contributed by atoms with Crippen molar-refractivity contribution in [3.8, 4) is 17.0 Å². The number of aromatic nitrogens is 2. The van der Waals surface area contributed by atoms with Crippen molar-refractivity contribution in [2.24, 2.45) is 0 Å². The number of carbonyl (C=O) groups is 2. The second-order valence-corrected chi connectivity index (χ2v) is 10.2. The second kappa shape index (κ2) is 11.9. The van der Waals surface area contributed by atoms with Crippen LogP contribution in [0, 0.1) is 0 Å². The Hall–Kier alpha value is -2.87.